The fourth-order valence-electron chi connectivity index (χ4n) is 4.55. The lowest BCUT2D eigenvalue weighted by atomic mass is 9.98. The van der Waals surface area contributed by atoms with Gasteiger partial charge in [-0.3, -0.25) is 4.79 Å². The number of aliphatic carboxylic acids is 1. The summed E-state index contributed by atoms with van der Waals surface area (Å²) in [5.41, 5.74) is 4.57. The van der Waals surface area contributed by atoms with Gasteiger partial charge in [-0.1, -0.05) is 48.5 Å². The molecule has 168 valence electrons. The number of amides is 2. The number of aliphatic hydroxyl groups excluding tert-OH is 1. The Morgan fingerprint density at radius 2 is 1.66 bits per heavy atom. The number of carboxylic acids is 1. The molecule has 0 bridgehead atoms. The molecule has 3 N–H and O–H groups in total. The third-order valence-electron chi connectivity index (χ3n) is 6.06. The van der Waals surface area contributed by atoms with Gasteiger partial charge >= 0.3 is 12.1 Å². The SMILES string of the molecule is O=C(NCCCC(=O)N1CC(O)C[C@H]1C(=O)O)OCC1c2ccccc2-c2ccccc21. The molecule has 1 fully saturated rings. The first kappa shape index (κ1) is 21.8. The lowest BCUT2D eigenvalue weighted by Gasteiger charge is -2.21. The van der Waals surface area contributed by atoms with Gasteiger partial charge in [0.05, 0.1) is 6.10 Å². The third kappa shape index (κ3) is 4.45. The first-order chi connectivity index (χ1) is 15.5. The van der Waals surface area contributed by atoms with Crippen molar-refractivity contribution in [3.63, 3.8) is 0 Å². The molecular formula is C24H26N2O6. The zero-order chi connectivity index (χ0) is 22.7. The molecule has 2 aromatic rings. The monoisotopic (exact) mass is 438 g/mol. The van der Waals surface area contributed by atoms with Gasteiger partial charge in [0.1, 0.15) is 12.6 Å². The number of nitrogens with one attached hydrogen (secondary N) is 1. The average Bonchev–Trinajstić information content (AvgIpc) is 3.34. The molecule has 2 atom stereocenters. The summed E-state index contributed by atoms with van der Waals surface area (Å²) in [4.78, 5) is 36.9. The van der Waals surface area contributed by atoms with Crippen LogP contribution in [0.15, 0.2) is 48.5 Å². The maximum absolute atomic E-state index is 12.3. The molecule has 2 aromatic carbocycles. The van der Waals surface area contributed by atoms with Crippen LogP contribution in [0.5, 0.6) is 0 Å². The van der Waals surface area contributed by atoms with Gasteiger partial charge < -0.3 is 25.2 Å². The number of fused-ring (bicyclic) bond motifs is 3. The number of hydrogen-bond acceptors (Lipinski definition) is 5. The molecule has 1 saturated heterocycles. The molecule has 1 aliphatic carbocycles. The summed E-state index contributed by atoms with van der Waals surface area (Å²) in [6.07, 6.45) is -0.903. The van der Waals surface area contributed by atoms with Gasteiger partial charge in [0.2, 0.25) is 5.91 Å². The molecule has 8 heteroatoms. The second kappa shape index (κ2) is 9.40. The van der Waals surface area contributed by atoms with Crippen LogP contribution in [0.4, 0.5) is 4.79 Å². The normalized spacial score (nSPS) is 19.3. The van der Waals surface area contributed by atoms with E-state index in [1.807, 2.05) is 36.4 Å². The van der Waals surface area contributed by atoms with Crippen molar-refractivity contribution < 1.29 is 29.3 Å². The van der Waals surface area contributed by atoms with Crippen molar-refractivity contribution in [2.45, 2.75) is 37.3 Å². The predicted molar refractivity (Wildman–Crippen MR) is 116 cm³/mol. The molecule has 0 radical (unpaired) electrons. The van der Waals surface area contributed by atoms with E-state index in [1.54, 1.807) is 0 Å². The summed E-state index contributed by atoms with van der Waals surface area (Å²) in [5.74, 6) is -1.49. The molecule has 0 spiro atoms. The van der Waals surface area contributed by atoms with Gasteiger partial charge in [-0.15, -0.1) is 0 Å². The molecule has 2 amide bonds. The number of carbonyl (C=O) groups is 3. The van der Waals surface area contributed by atoms with E-state index in [0.717, 1.165) is 22.3 Å². The summed E-state index contributed by atoms with van der Waals surface area (Å²) in [6, 6.07) is 15.2. The van der Waals surface area contributed by atoms with Crippen molar-refractivity contribution in [1.29, 1.82) is 0 Å². The maximum Gasteiger partial charge on any atom is 0.407 e. The van der Waals surface area contributed by atoms with Gasteiger partial charge in [0.15, 0.2) is 0 Å². The Labute approximate surface area is 185 Å². The Morgan fingerprint density at radius 3 is 2.28 bits per heavy atom. The van der Waals surface area contributed by atoms with Crippen LogP contribution in [0.25, 0.3) is 11.1 Å². The second-order valence-corrected chi connectivity index (χ2v) is 8.15. The van der Waals surface area contributed by atoms with Gasteiger partial charge in [-0.25, -0.2) is 9.59 Å². The number of benzene rings is 2. The number of nitrogens with zero attached hydrogens (tertiary/aromatic N) is 1. The maximum atomic E-state index is 12.3. The van der Waals surface area contributed by atoms with Gasteiger partial charge in [0, 0.05) is 31.8 Å². The number of carbonyl (C=O) groups excluding carboxylic acids is 2. The van der Waals surface area contributed by atoms with Crippen molar-refractivity contribution in [3.8, 4) is 11.1 Å². The predicted octanol–water partition coefficient (Wildman–Crippen LogP) is 2.35. The van der Waals surface area contributed by atoms with E-state index in [4.69, 9.17) is 4.74 Å². The number of rotatable bonds is 7. The second-order valence-electron chi connectivity index (χ2n) is 8.15. The highest BCUT2D eigenvalue weighted by atomic mass is 16.5. The number of β-amino-alcohol motifs (C(OH)–C–C–N with tert-alkyl or cyclic N) is 1. The lowest BCUT2D eigenvalue weighted by molar-refractivity contribution is -0.148. The van der Waals surface area contributed by atoms with Crippen molar-refractivity contribution in [3.05, 3.63) is 59.7 Å². The van der Waals surface area contributed by atoms with Crippen molar-refractivity contribution >= 4 is 18.0 Å². The first-order valence-electron chi connectivity index (χ1n) is 10.7. The first-order valence-corrected chi connectivity index (χ1v) is 10.7. The standard InChI is InChI=1S/C24H26N2O6/c27-15-12-21(23(29)30)26(13-15)22(28)10-5-11-25-24(31)32-14-20-18-8-3-1-6-16(18)17-7-2-4-9-19(17)20/h1-4,6-9,15,20-21,27H,5,10-14H2,(H,25,31)(H,29,30)/t15?,21-/m0/s1. The van der Waals surface area contributed by atoms with Gasteiger partial charge in [-0.05, 0) is 28.7 Å². The molecule has 4 rings (SSSR count). The molecule has 32 heavy (non-hydrogen) atoms. The molecular weight excluding hydrogens is 412 g/mol. The van der Waals surface area contributed by atoms with Crippen LogP contribution in [-0.2, 0) is 14.3 Å². The van der Waals surface area contributed by atoms with Gasteiger partial charge in [0.25, 0.3) is 0 Å². The average molecular weight is 438 g/mol. The topological polar surface area (TPSA) is 116 Å². The van der Waals surface area contributed by atoms with Crippen molar-refractivity contribution in [2.75, 3.05) is 19.7 Å². The van der Waals surface area contributed by atoms with Crippen molar-refractivity contribution in [1.82, 2.24) is 10.2 Å². The van der Waals surface area contributed by atoms with E-state index >= 15 is 0 Å². The zero-order valence-corrected chi connectivity index (χ0v) is 17.6. The summed E-state index contributed by atoms with van der Waals surface area (Å²) < 4.78 is 5.45. The minimum Gasteiger partial charge on any atom is -0.480 e. The van der Waals surface area contributed by atoms with E-state index in [9.17, 15) is 24.6 Å². The van der Waals surface area contributed by atoms with Crippen LogP contribution in [0.3, 0.4) is 0 Å². The van der Waals surface area contributed by atoms with Crippen LogP contribution >= 0.6 is 0 Å². The third-order valence-corrected chi connectivity index (χ3v) is 6.06. The van der Waals surface area contributed by atoms with E-state index < -0.39 is 24.2 Å². The van der Waals surface area contributed by atoms with Gasteiger partial charge in [-0.2, -0.15) is 0 Å². The molecule has 0 aromatic heterocycles. The number of carboxylic acid groups (broad SMARTS) is 1. The quantitative estimate of drug-likeness (QED) is 0.572. The Hall–Kier alpha value is -3.39. The van der Waals surface area contributed by atoms with Crippen LogP contribution in [0.2, 0.25) is 0 Å². The molecule has 1 unspecified atom stereocenters. The summed E-state index contributed by atoms with van der Waals surface area (Å²) in [5, 5.41) is 21.5. The Morgan fingerprint density at radius 1 is 1.03 bits per heavy atom. The van der Waals surface area contributed by atoms with E-state index in [0.29, 0.717) is 6.42 Å². The molecule has 1 heterocycles. The smallest absolute Gasteiger partial charge is 0.407 e. The lowest BCUT2D eigenvalue weighted by Crippen LogP contribution is -2.40. The van der Waals surface area contributed by atoms with Crippen molar-refractivity contribution in [2.24, 2.45) is 0 Å². The molecule has 0 saturated carbocycles. The summed E-state index contributed by atoms with van der Waals surface area (Å²) >= 11 is 0. The summed E-state index contributed by atoms with van der Waals surface area (Å²) in [6.45, 7) is 0.469. The van der Waals surface area contributed by atoms with Crippen LogP contribution < -0.4 is 5.32 Å². The Bertz CT molecular complexity index is 978. The fourth-order valence-corrected chi connectivity index (χ4v) is 4.55. The van der Waals surface area contributed by atoms with E-state index in [2.05, 4.69) is 17.4 Å². The number of hydrogen-bond donors (Lipinski definition) is 3. The van der Waals surface area contributed by atoms with Crippen LogP contribution in [-0.4, -0.2) is 64.9 Å². The fraction of sp³-hybridized carbons (Fsp3) is 0.375. The number of aliphatic hydroxyl groups is 1. The van der Waals surface area contributed by atoms with E-state index in [-0.39, 0.29) is 44.4 Å². The highest BCUT2D eigenvalue weighted by Gasteiger charge is 2.38. The highest BCUT2D eigenvalue weighted by molar-refractivity contribution is 5.84. The largest absolute Gasteiger partial charge is 0.480 e. The number of alkyl carbamates (subject to hydrolysis) is 1. The number of ether oxygens (including phenoxy) is 1. The minimum atomic E-state index is -1.12. The van der Waals surface area contributed by atoms with E-state index in [1.165, 1.54) is 4.90 Å². The molecule has 1 aliphatic heterocycles. The minimum absolute atomic E-state index is 0.0234. The molecule has 2 aliphatic rings. The molecule has 8 nitrogen and oxygen atoms in total. The van der Waals surface area contributed by atoms with Crippen LogP contribution in [0, 0.1) is 0 Å². The number of likely N-dealkylation sites (tertiary alicyclic amines) is 1. The summed E-state index contributed by atoms with van der Waals surface area (Å²) in [7, 11) is 0. The zero-order valence-electron chi connectivity index (χ0n) is 17.6. The Balaban J connectivity index is 1.23. The Kier molecular flexibility index (Phi) is 6.41. The highest BCUT2D eigenvalue weighted by Crippen LogP contribution is 2.44. The van der Waals surface area contributed by atoms with Crippen LogP contribution in [0.1, 0.15) is 36.3 Å².